The van der Waals surface area contributed by atoms with Crippen LogP contribution >= 0.6 is 22.7 Å². The summed E-state index contributed by atoms with van der Waals surface area (Å²) in [4.78, 5) is 15.0. The monoisotopic (exact) mass is 236 g/mol. The van der Waals surface area contributed by atoms with E-state index < -0.39 is 0 Å². The molecule has 0 aliphatic carbocycles. The molecule has 0 fully saturated rings. The molecule has 0 bridgehead atoms. The largest absolute Gasteiger partial charge is 0.287 e. The van der Waals surface area contributed by atoms with Gasteiger partial charge in [-0.1, -0.05) is 6.92 Å². The van der Waals surface area contributed by atoms with Crippen LogP contribution in [0.15, 0.2) is 23.6 Å². The van der Waals surface area contributed by atoms with E-state index in [1.165, 1.54) is 16.2 Å². The Hall–Kier alpha value is -0.930. The van der Waals surface area contributed by atoms with Crippen molar-refractivity contribution in [1.82, 2.24) is 0 Å². The molecule has 0 aliphatic heterocycles. The third-order valence-corrected chi connectivity index (χ3v) is 4.46. The molecule has 1 nitrogen and oxygen atoms in total. The fourth-order valence-corrected chi connectivity index (χ4v) is 3.18. The lowest BCUT2D eigenvalue weighted by molar-refractivity contribution is 0.104. The van der Waals surface area contributed by atoms with Crippen LogP contribution in [0.1, 0.15) is 31.9 Å². The van der Waals surface area contributed by atoms with Crippen LogP contribution in [0.4, 0.5) is 0 Å². The highest BCUT2D eigenvalue weighted by Crippen LogP contribution is 2.23. The van der Waals surface area contributed by atoms with Crippen LogP contribution in [0, 0.1) is 6.92 Å². The first-order valence-electron chi connectivity index (χ1n) is 4.89. The molecule has 0 saturated heterocycles. The maximum atomic E-state index is 12.0. The third-order valence-electron chi connectivity index (χ3n) is 2.19. The van der Waals surface area contributed by atoms with Crippen molar-refractivity contribution in [3.05, 3.63) is 43.8 Å². The molecular formula is C12H12OS2. The van der Waals surface area contributed by atoms with Crippen molar-refractivity contribution < 1.29 is 4.79 Å². The van der Waals surface area contributed by atoms with E-state index in [1.54, 1.807) is 11.3 Å². The van der Waals surface area contributed by atoms with Gasteiger partial charge in [0.2, 0.25) is 5.78 Å². The minimum atomic E-state index is 0.165. The van der Waals surface area contributed by atoms with E-state index in [-0.39, 0.29) is 5.78 Å². The fraction of sp³-hybridized carbons (Fsp3) is 0.250. The molecule has 78 valence electrons. The van der Waals surface area contributed by atoms with Crippen LogP contribution < -0.4 is 0 Å². The van der Waals surface area contributed by atoms with E-state index >= 15 is 0 Å². The molecule has 0 N–H and O–H groups in total. The minimum Gasteiger partial charge on any atom is -0.287 e. The summed E-state index contributed by atoms with van der Waals surface area (Å²) in [5.41, 5.74) is 1.16. The first-order valence-corrected chi connectivity index (χ1v) is 6.59. The van der Waals surface area contributed by atoms with Gasteiger partial charge in [0.1, 0.15) is 0 Å². The van der Waals surface area contributed by atoms with Crippen molar-refractivity contribution in [2.24, 2.45) is 0 Å². The summed E-state index contributed by atoms with van der Waals surface area (Å²) < 4.78 is 0. The molecular weight excluding hydrogens is 224 g/mol. The van der Waals surface area contributed by atoms with Gasteiger partial charge in [0, 0.05) is 4.88 Å². The van der Waals surface area contributed by atoms with Crippen molar-refractivity contribution in [2.75, 3.05) is 0 Å². The van der Waals surface area contributed by atoms with Crippen LogP contribution in [-0.2, 0) is 6.42 Å². The maximum absolute atomic E-state index is 12.0. The molecule has 3 heteroatoms. The van der Waals surface area contributed by atoms with E-state index in [4.69, 9.17) is 0 Å². The van der Waals surface area contributed by atoms with Crippen molar-refractivity contribution >= 4 is 28.5 Å². The minimum absolute atomic E-state index is 0.165. The van der Waals surface area contributed by atoms with Gasteiger partial charge in [0.15, 0.2) is 0 Å². The molecule has 0 unspecified atom stereocenters. The second-order valence-electron chi connectivity index (χ2n) is 3.44. The third kappa shape index (κ3) is 2.19. The second kappa shape index (κ2) is 4.29. The summed E-state index contributed by atoms with van der Waals surface area (Å²) in [5, 5.41) is 2.02. The summed E-state index contributed by atoms with van der Waals surface area (Å²) in [6.45, 7) is 4.12. The van der Waals surface area contributed by atoms with Crippen molar-refractivity contribution in [1.29, 1.82) is 0 Å². The van der Waals surface area contributed by atoms with Crippen LogP contribution in [0.2, 0.25) is 0 Å². The quantitative estimate of drug-likeness (QED) is 0.738. The van der Waals surface area contributed by atoms with Crippen molar-refractivity contribution in [2.45, 2.75) is 20.3 Å². The predicted molar refractivity (Wildman–Crippen MR) is 66.2 cm³/mol. The lowest BCUT2D eigenvalue weighted by atomic mass is 10.2. The van der Waals surface area contributed by atoms with Gasteiger partial charge in [-0.15, -0.1) is 22.7 Å². The van der Waals surface area contributed by atoms with Gasteiger partial charge in [-0.3, -0.25) is 4.79 Å². The molecule has 0 atom stereocenters. The van der Waals surface area contributed by atoms with Gasteiger partial charge in [-0.2, -0.15) is 0 Å². The Morgan fingerprint density at radius 1 is 1.33 bits per heavy atom. The summed E-state index contributed by atoms with van der Waals surface area (Å²) in [6, 6.07) is 5.93. The van der Waals surface area contributed by atoms with E-state index in [0.717, 1.165) is 21.7 Å². The van der Waals surface area contributed by atoms with Crippen molar-refractivity contribution in [3.8, 4) is 0 Å². The maximum Gasteiger partial charge on any atom is 0.212 e. The Kier molecular flexibility index (Phi) is 3.03. The molecule has 0 radical (unpaired) electrons. The Labute approximate surface area is 97.4 Å². The molecule has 15 heavy (non-hydrogen) atoms. The summed E-state index contributed by atoms with van der Waals surface area (Å²) in [6.07, 6.45) is 1.00. The van der Waals surface area contributed by atoms with Gasteiger partial charge < -0.3 is 0 Å². The van der Waals surface area contributed by atoms with Crippen LogP contribution in [-0.4, -0.2) is 5.78 Å². The molecule has 2 heterocycles. The average molecular weight is 236 g/mol. The number of carbonyl (C=O) groups is 1. The molecule has 0 aromatic carbocycles. The van der Waals surface area contributed by atoms with Gasteiger partial charge >= 0.3 is 0 Å². The Morgan fingerprint density at radius 2 is 2.13 bits per heavy atom. The van der Waals surface area contributed by atoms with Crippen LogP contribution in [0.25, 0.3) is 0 Å². The molecule has 0 spiro atoms. The van der Waals surface area contributed by atoms with Crippen molar-refractivity contribution in [3.63, 3.8) is 0 Å². The highest BCUT2D eigenvalue weighted by Gasteiger charge is 2.12. The smallest absolute Gasteiger partial charge is 0.212 e. The first-order chi connectivity index (χ1) is 7.20. The topological polar surface area (TPSA) is 17.1 Å². The number of hydrogen-bond donors (Lipinski definition) is 0. The van der Waals surface area contributed by atoms with Gasteiger partial charge in [0.25, 0.3) is 0 Å². The highest BCUT2D eigenvalue weighted by atomic mass is 32.1. The molecule has 2 aromatic rings. The zero-order chi connectivity index (χ0) is 10.8. The zero-order valence-electron chi connectivity index (χ0n) is 8.74. The molecule has 2 aromatic heterocycles. The van der Waals surface area contributed by atoms with E-state index in [2.05, 4.69) is 6.92 Å². The van der Waals surface area contributed by atoms with Gasteiger partial charge in [-0.25, -0.2) is 0 Å². The number of ketones is 1. The lowest BCUT2D eigenvalue weighted by Crippen LogP contribution is -1.94. The first kappa shape index (κ1) is 10.6. The zero-order valence-corrected chi connectivity index (χ0v) is 10.4. The Balaban J connectivity index is 2.28. The molecule has 2 rings (SSSR count). The number of thiophene rings is 2. The molecule has 0 saturated carbocycles. The van der Waals surface area contributed by atoms with E-state index in [0.29, 0.717) is 0 Å². The van der Waals surface area contributed by atoms with Gasteiger partial charge in [0.05, 0.1) is 9.75 Å². The van der Waals surface area contributed by atoms with E-state index in [1.807, 2.05) is 30.5 Å². The predicted octanol–water partition coefficient (Wildman–Crippen LogP) is 3.91. The summed E-state index contributed by atoms with van der Waals surface area (Å²) >= 11 is 3.13. The highest BCUT2D eigenvalue weighted by molar-refractivity contribution is 7.16. The number of aryl methyl sites for hydroxylation is 2. The fourth-order valence-electron chi connectivity index (χ4n) is 1.36. The standard InChI is InChI=1S/C12H12OS2/c1-3-9-4-5-10(15-9)12(13)11-6-8(2)7-14-11/h4-7H,3H2,1-2H3. The van der Waals surface area contributed by atoms with Crippen LogP contribution in [0.3, 0.4) is 0 Å². The summed E-state index contributed by atoms with van der Waals surface area (Å²) in [7, 11) is 0. The summed E-state index contributed by atoms with van der Waals surface area (Å²) in [5.74, 6) is 0.165. The SMILES string of the molecule is CCc1ccc(C(=O)c2cc(C)cs2)s1. The Bertz CT molecular complexity index is 479. The number of hydrogen-bond acceptors (Lipinski definition) is 3. The average Bonchev–Trinajstić information content (AvgIpc) is 2.84. The number of carbonyl (C=O) groups excluding carboxylic acids is 1. The second-order valence-corrected chi connectivity index (χ2v) is 5.52. The van der Waals surface area contributed by atoms with Gasteiger partial charge in [-0.05, 0) is 42.5 Å². The van der Waals surface area contributed by atoms with Crippen LogP contribution in [0.5, 0.6) is 0 Å². The molecule has 0 aliphatic rings. The number of rotatable bonds is 3. The Morgan fingerprint density at radius 3 is 2.67 bits per heavy atom. The molecule has 0 amide bonds. The van der Waals surface area contributed by atoms with E-state index in [9.17, 15) is 4.79 Å². The lowest BCUT2D eigenvalue weighted by Gasteiger charge is -1.91. The normalized spacial score (nSPS) is 10.5.